The van der Waals surface area contributed by atoms with Crippen molar-refractivity contribution in [3.63, 3.8) is 0 Å². The van der Waals surface area contributed by atoms with Crippen molar-refractivity contribution in [1.29, 1.82) is 0 Å². The molecule has 0 fully saturated rings. The Kier molecular flexibility index (Phi) is 5.44. The molecule has 7 aromatic carbocycles. The molecule has 0 radical (unpaired) electrons. The molecule has 1 nitrogen and oxygen atoms in total. The third-order valence-corrected chi connectivity index (χ3v) is 9.82. The molecule has 0 N–H and O–H groups in total. The van der Waals surface area contributed by atoms with Crippen molar-refractivity contribution in [3.8, 4) is 33.5 Å². The smallest absolute Gasteiger partial charge is 0.0702 e. The van der Waals surface area contributed by atoms with Gasteiger partial charge in [0.2, 0.25) is 0 Å². The number of nitrogens with zero attached hydrogens (tertiary/aromatic N) is 1. The van der Waals surface area contributed by atoms with E-state index in [1.54, 1.807) is 0 Å². The van der Waals surface area contributed by atoms with Gasteiger partial charge >= 0.3 is 0 Å². The van der Waals surface area contributed by atoms with Crippen LogP contribution in [-0.4, -0.2) is 4.98 Å². The molecule has 0 unspecified atom stereocenters. The number of hydrogen-bond acceptors (Lipinski definition) is 2. The number of aromatic nitrogens is 1. The Balaban J connectivity index is 1.20. The van der Waals surface area contributed by atoms with Gasteiger partial charge in [0, 0.05) is 37.5 Å². The van der Waals surface area contributed by atoms with E-state index in [0.717, 1.165) is 16.8 Å². The maximum atomic E-state index is 5.03. The molecule has 2 heteroatoms. The summed E-state index contributed by atoms with van der Waals surface area (Å²) in [5, 5.41) is 10.3. The van der Waals surface area contributed by atoms with Gasteiger partial charge in [-0.1, -0.05) is 127 Å². The molecule has 0 aliphatic rings. The summed E-state index contributed by atoms with van der Waals surface area (Å²) in [5.41, 5.74) is 7.01. The van der Waals surface area contributed by atoms with Gasteiger partial charge in [0.05, 0.1) is 5.69 Å². The topological polar surface area (TPSA) is 12.9 Å². The van der Waals surface area contributed by atoms with Crippen molar-refractivity contribution >= 4 is 63.8 Å². The van der Waals surface area contributed by atoms with Crippen molar-refractivity contribution in [3.05, 3.63) is 152 Å². The fraction of sp³-hybridized carbons (Fsp3) is 0. The molecule has 9 rings (SSSR count). The van der Waals surface area contributed by atoms with Crippen LogP contribution in [0.1, 0.15) is 0 Å². The van der Waals surface area contributed by atoms with E-state index in [0.29, 0.717) is 0 Å². The molecular weight excluding hydrogens is 539 g/mol. The molecule has 2 heterocycles. The van der Waals surface area contributed by atoms with Crippen LogP contribution in [0.25, 0.3) is 86.0 Å². The average molecular weight is 564 g/mol. The van der Waals surface area contributed by atoms with Crippen molar-refractivity contribution in [2.75, 3.05) is 0 Å². The van der Waals surface area contributed by atoms with E-state index in [9.17, 15) is 0 Å². The summed E-state index contributed by atoms with van der Waals surface area (Å²) >= 11 is 1.86. The number of benzene rings is 7. The molecule has 200 valence electrons. The third-order valence-electron chi connectivity index (χ3n) is 8.70. The lowest BCUT2D eigenvalue weighted by Gasteiger charge is -2.17. The van der Waals surface area contributed by atoms with E-state index in [-0.39, 0.29) is 0 Å². The van der Waals surface area contributed by atoms with Crippen LogP contribution in [0, 0.1) is 0 Å². The summed E-state index contributed by atoms with van der Waals surface area (Å²) in [6.45, 7) is 0. The van der Waals surface area contributed by atoms with Gasteiger partial charge in [-0.05, 0) is 67.2 Å². The summed E-state index contributed by atoms with van der Waals surface area (Å²) in [6.07, 6.45) is 2.05. The van der Waals surface area contributed by atoms with Crippen LogP contribution >= 0.6 is 11.3 Å². The van der Waals surface area contributed by atoms with E-state index in [1.807, 2.05) is 17.5 Å². The maximum absolute atomic E-state index is 5.03. The lowest BCUT2D eigenvalue weighted by atomic mass is 9.86. The molecule has 0 saturated carbocycles. The lowest BCUT2D eigenvalue weighted by molar-refractivity contribution is 1.33. The van der Waals surface area contributed by atoms with E-state index < -0.39 is 0 Å². The quantitative estimate of drug-likeness (QED) is 0.195. The van der Waals surface area contributed by atoms with Gasteiger partial charge in [-0.25, -0.2) is 0 Å². The number of thiophene rings is 1. The van der Waals surface area contributed by atoms with Crippen LogP contribution in [0.5, 0.6) is 0 Å². The fourth-order valence-electron chi connectivity index (χ4n) is 6.77. The Morgan fingerprint density at radius 2 is 1.00 bits per heavy atom. The first-order chi connectivity index (χ1) is 21.3. The number of rotatable bonds is 3. The highest BCUT2D eigenvalue weighted by Gasteiger charge is 2.17. The van der Waals surface area contributed by atoms with Crippen LogP contribution in [-0.2, 0) is 0 Å². The Morgan fingerprint density at radius 3 is 1.67 bits per heavy atom. The van der Waals surface area contributed by atoms with Gasteiger partial charge in [-0.15, -0.1) is 11.3 Å². The Morgan fingerprint density at radius 1 is 0.395 bits per heavy atom. The second-order valence-electron chi connectivity index (χ2n) is 11.1. The standard InChI is InChI=1S/C41H25NS/c1-2-11-27(12-3-1)39-31-14-6-8-16-33(31)40(34-17-9-7-15-32(34)39)29-19-22-36(42-25-29)28-18-21-35-38(24-28)43-37-23-20-26-10-4-5-13-30(26)41(35)37/h1-25H. The molecule has 9 aromatic rings. The third kappa shape index (κ3) is 3.81. The molecule has 43 heavy (non-hydrogen) atoms. The minimum Gasteiger partial charge on any atom is -0.256 e. The molecule has 0 saturated heterocycles. The summed E-state index contributed by atoms with van der Waals surface area (Å²) in [6, 6.07) is 52.6. The fourth-order valence-corrected chi connectivity index (χ4v) is 7.93. The summed E-state index contributed by atoms with van der Waals surface area (Å²) in [4.78, 5) is 5.03. The van der Waals surface area contributed by atoms with Crippen molar-refractivity contribution < 1.29 is 0 Å². The minimum atomic E-state index is 0.988. The minimum absolute atomic E-state index is 0.988. The Labute approximate surface area is 253 Å². The Bertz CT molecular complexity index is 2430. The Hall–Kier alpha value is -5.31. The number of hydrogen-bond donors (Lipinski definition) is 0. The van der Waals surface area contributed by atoms with Crippen molar-refractivity contribution in [2.24, 2.45) is 0 Å². The van der Waals surface area contributed by atoms with E-state index in [1.165, 1.54) is 69.2 Å². The van der Waals surface area contributed by atoms with Crippen LogP contribution in [0.15, 0.2) is 152 Å². The largest absolute Gasteiger partial charge is 0.256 e. The van der Waals surface area contributed by atoms with E-state index in [4.69, 9.17) is 4.98 Å². The van der Waals surface area contributed by atoms with Gasteiger partial charge in [-0.3, -0.25) is 4.98 Å². The molecule has 0 aliphatic carbocycles. The van der Waals surface area contributed by atoms with Gasteiger partial charge < -0.3 is 0 Å². The predicted molar refractivity (Wildman–Crippen MR) is 186 cm³/mol. The van der Waals surface area contributed by atoms with E-state index >= 15 is 0 Å². The normalized spacial score (nSPS) is 11.7. The first-order valence-corrected chi connectivity index (χ1v) is 15.4. The molecule has 0 aliphatic heterocycles. The molecule has 0 amide bonds. The maximum Gasteiger partial charge on any atom is 0.0702 e. The zero-order valence-corrected chi connectivity index (χ0v) is 24.1. The highest BCUT2D eigenvalue weighted by molar-refractivity contribution is 7.26. The van der Waals surface area contributed by atoms with Gasteiger partial charge in [0.1, 0.15) is 0 Å². The highest BCUT2D eigenvalue weighted by Crippen LogP contribution is 2.44. The van der Waals surface area contributed by atoms with Crippen LogP contribution < -0.4 is 0 Å². The van der Waals surface area contributed by atoms with Crippen molar-refractivity contribution in [1.82, 2.24) is 4.98 Å². The van der Waals surface area contributed by atoms with Crippen LogP contribution in [0.4, 0.5) is 0 Å². The average Bonchev–Trinajstić information content (AvgIpc) is 3.46. The molecular formula is C41H25NS. The lowest BCUT2D eigenvalue weighted by Crippen LogP contribution is -1.91. The molecule has 2 aromatic heterocycles. The summed E-state index contributed by atoms with van der Waals surface area (Å²) < 4.78 is 2.62. The first kappa shape index (κ1) is 24.3. The predicted octanol–water partition coefficient (Wildman–Crippen LogP) is 11.9. The molecule has 0 spiro atoms. The van der Waals surface area contributed by atoms with E-state index in [2.05, 4.69) is 146 Å². The summed E-state index contributed by atoms with van der Waals surface area (Å²) in [7, 11) is 0. The second kappa shape index (κ2) is 9.62. The zero-order chi connectivity index (χ0) is 28.3. The van der Waals surface area contributed by atoms with Gasteiger partial charge in [0.15, 0.2) is 0 Å². The van der Waals surface area contributed by atoms with Crippen LogP contribution in [0.3, 0.4) is 0 Å². The first-order valence-electron chi connectivity index (χ1n) is 14.6. The van der Waals surface area contributed by atoms with Crippen molar-refractivity contribution in [2.45, 2.75) is 0 Å². The SMILES string of the molecule is c1ccc(-c2c3ccccc3c(-c3ccc(-c4ccc5c(c4)sc4ccc6ccccc6c45)nc3)c3ccccc23)cc1. The van der Waals surface area contributed by atoms with Gasteiger partial charge in [0.25, 0.3) is 0 Å². The highest BCUT2D eigenvalue weighted by atomic mass is 32.1. The molecule has 0 atom stereocenters. The van der Waals surface area contributed by atoms with Gasteiger partial charge in [-0.2, -0.15) is 0 Å². The number of pyridine rings is 1. The summed E-state index contributed by atoms with van der Waals surface area (Å²) in [5.74, 6) is 0. The number of fused-ring (bicyclic) bond motifs is 7. The zero-order valence-electron chi connectivity index (χ0n) is 23.3. The molecule has 0 bridgehead atoms. The second-order valence-corrected chi connectivity index (χ2v) is 12.2. The van der Waals surface area contributed by atoms with Crippen LogP contribution in [0.2, 0.25) is 0 Å². The monoisotopic (exact) mass is 563 g/mol.